The molecule has 0 atom stereocenters. The Morgan fingerprint density at radius 2 is 1.17 bits per heavy atom. The maximum atomic E-state index is 5.53. The van der Waals surface area contributed by atoms with Crippen LogP contribution in [0, 0.1) is 0 Å². The molecule has 1 aliphatic carbocycles. The van der Waals surface area contributed by atoms with E-state index in [1.54, 1.807) is 0 Å². The van der Waals surface area contributed by atoms with Gasteiger partial charge in [0.15, 0.2) is 5.82 Å². The average molecular weight is 611 g/mol. The summed E-state index contributed by atoms with van der Waals surface area (Å²) < 4.78 is 2.37. The second-order valence-electron chi connectivity index (χ2n) is 12.8. The SMILES string of the molecule is c1ccc(-c2nc(-c3ccc4c(c3)nc3n4-c4ccccc4C34c3ccccc3-c3ccccc34)nc3c2ccc2ccccc23)cc1. The molecule has 7 aromatic carbocycles. The van der Waals surface area contributed by atoms with Crippen molar-refractivity contribution >= 4 is 32.7 Å². The summed E-state index contributed by atoms with van der Waals surface area (Å²) in [5.41, 5.74) is 13.0. The van der Waals surface area contributed by atoms with Crippen molar-refractivity contribution in [2.45, 2.75) is 5.41 Å². The van der Waals surface area contributed by atoms with Crippen molar-refractivity contribution in [3.8, 4) is 39.5 Å². The first kappa shape index (κ1) is 25.8. The molecule has 0 saturated carbocycles. The highest BCUT2D eigenvalue weighted by atomic mass is 15.1. The van der Waals surface area contributed by atoms with E-state index in [0.29, 0.717) is 5.82 Å². The molecule has 0 bridgehead atoms. The summed E-state index contributed by atoms with van der Waals surface area (Å²) in [6.07, 6.45) is 0. The van der Waals surface area contributed by atoms with Gasteiger partial charge in [-0.2, -0.15) is 0 Å². The summed E-state index contributed by atoms with van der Waals surface area (Å²) in [6, 6.07) is 56.2. The first-order valence-corrected chi connectivity index (χ1v) is 16.4. The van der Waals surface area contributed by atoms with Gasteiger partial charge in [0.25, 0.3) is 0 Å². The fraction of sp³-hybridized carbons (Fsp3) is 0.0227. The Morgan fingerprint density at radius 1 is 0.479 bits per heavy atom. The van der Waals surface area contributed by atoms with Gasteiger partial charge in [-0.05, 0) is 63.5 Å². The number of imidazole rings is 1. The number of fused-ring (bicyclic) bond motifs is 15. The lowest BCUT2D eigenvalue weighted by Crippen LogP contribution is -2.27. The van der Waals surface area contributed by atoms with Crippen LogP contribution in [0.15, 0.2) is 158 Å². The third-order valence-corrected chi connectivity index (χ3v) is 10.4. The lowest BCUT2D eigenvalue weighted by Gasteiger charge is -2.27. The van der Waals surface area contributed by atoms with E-state index in [0.717, 1.165) is 55.4 Å². The Morgan fingerprint density at radius 3 is 1.98 bits per heavy atom. The van der Waals surface area contributed by atoms with Crippen molar-refractivity contribution in [2.75, 3.05) is 0 Å². The van der Waals surface area contributed by atoms with E-state index in [1.807, 2.05) is 6.07 Å². The summed E-state index contributed by atoms with van der Waals surface area (Å²) in [6.45, 7) is 0. The predicted octanol–water partition coefficient (Wildman–Crippen LogP) is 10.1. The molecule has 1 aliphatic heterocycles. The smallest absolute Gasteiger partial charge is 0.160 e. The van der Waals surface area contributed by atoms with Crippen LogP contribution in [0.3, 0.4) is 0 Å². The maximum absolute atomic E-state index is 5.53. The molecule has 222 valence electrons. The summed E-state index contributed by atoms with van der Waals surface area (Å²) in [4.78, 5) is 16.0. The van der Waals surface area contributed by atoms with Crippen LogP contribution in [0.1, 0.15) is 22.5 Å². The lowest BCUT2D eigenvalue weighted by atomic mass is 9.73. The van der Waals surface area contributed by atoms with Gasteiger partial charge in [0.2, 0.25) is 0 Å². The standard InChI is InChI=1S/C44H26N4/c1-2-13-28(14-3-1)40-33-24-22-27-12-4-5-15-30(27)41(33)47-42(46-40)29-23-25-39-37(26-29)45-43-44(36-20-10-11-21-38(36)48(39)43)34-18-8-6-16-31(34)32-17-7-9-19-35(32)44/h1-26H. The van der Waals surface area contributed by atoms with Crippen molar-refractivity contribution in [2.24, 2.45) is 0 Å². The molecule has 0 N–H and O–H groups in total. The molecule has 48 heavy (non-hydrogen) atoms. The van der Waals surface area contributed by atoms with Gasteiger partial charge < -0.3 is 0 Å². The Balaban J connectivity index is 1.19. The number of hydrogen-bond acceptors (Lipinski definition) is 3. The molecule has 4 heteroatoms. The number of hydrogen-bond donors (Lipinski definition) is 0. The number of rotatable bonds is 2. The minimum Gasteiger partial charge on any atom is -0.295 e. The topological polar surface area (TPSA) is 43.6 Å². The molecular formula is C44H26N4. The zero-order chi connectivity index (χ0) is 31.4. The van der Waals surface area contributed by atoms with Crippen molar-refractivity contribution in [1.29, 1.82) is 0 Å². The molecule has 0 amide bonds. The fourth-order valence-electron chi connectivity index (χ4n) is 8.40. The van der Waals surface area contributed by atoms with E-state index in [-0.39, 0.29) is 0 Å². The van der Waals surface area contributed by atoms with Gasteiger partial charge in [-0.25, -0.2) is 15.0 Å². The molecule has 11 rings (SSSR count). The van der Waals surface area contributed by atoms with E-state index in [4.69, 9.17) is 15.0 Å². The average Bonchev–Trinajstić information content (AvgIpc) is 3.78. The number of nitrogens with zero attached hydrogens (tertiary/aromatic N) is 4. The Labute approximate surface area is 276 Å². The van der Waals surface area contributed by atoms with Crippen molar-refractivity contribution < 1.29 is 0 Å². The summed E-state index contributed by atoms with van der Waals surface area (Å²) in [5.74, 6) is 1.73. The second kappa shape index (κ2) is 9.34. The second-order valence-corrected chi connectivity index (χ2v) is 12.8. The van der Waals surface area contributed by atoms with Gasteiger partial charge in [-0.1, -0.05) is 127 Å². The molecule has 9 aromatic rings. The van der Waals surface area contributed by atoms with Crippen LogP contribution in [0.2, 0.25) is 0 Å². The van der Waals surface area contributed by atoms with Crippen LogP contribution < -0.4 is 0 Å². The fourth-order valence-corrected chi connectivity index (χ4v) is 8.40. The summed E-state index contributed by atoms with van der Waals surface area (Å²) in [5, 5.41) is 3.33. The van der Waals surface area contributed by atoms with E-state index >= 15 is 0 Å². The van der Waals surface area contributed by atoms with Gasteiger partial charge >= 0.3 is 0 Å². The van der Waals surface area contributed by atoms with Gasteiger partial charge in [0, 0.05) is 21.9 Å². The normalized spacial score (nSPS) is 13.6. The van der Waals surface area contributed by atoms with Crippen LogP contribution in [0.5, 0.6) is 0 Å². The molecule has 0 unspecified atom stereocenters. The van der Waals surface area contributed by atoms with Gasteiger partial charge in [-0.3, -0.25) is 4.57 Å². The molecule has 2 aromatic heterocycles. The van der Waals surface area contributed by atoms with E-state index < -0.39 is 5.41 Å². The molecular weight excluding hydrogens is 585 g/mol. The van der Waals surface area contributed by atoms with Crippen LogP contribution in [0.4, 0.5) is 0 Å². The van der Waals surface area contributed by atoms with Gasteiger partial charge in [-0.15, -0.1) is 0 Å². The maximum Gasteiger partial charge on any atom is 0.160 e. The molecule has 0 radical (unpaired) electrons. The summed E-state index contributed by atoms with van der Waals surface area (Å²) in [7, 11) is 0. The lowest BCUT2D eigenvalue weighted by molar-refractivity contribution is 0.738. The number of aromatic nitrogens is 4. The molecule has 2 aliphatic rings. The van der Waals surface area contributed by atoms with Crippen molar-refractivity contribution in [3.05, 3.63) is 180 Å². The molecule has 3 heterocycles. The Kier molecular flexibility index (Phi) is 5.01. The van der Waals surface area contributed by atoms with E-state index in [2.05, 4.69) is 156 Å². The van der Waals surface area contributed by atoms with Crippen LogP contribution >= 0.6 is 0 Å². The van der Waals surface area contributed by atoms with Crippen molar-refractivity contribution in [3.63, 3.8) is 0 Å². The van der Waals surface area contributed by atoms with Crippen LogP contribution in [-0.2, 0) is 5.41 Å². The minimum atomic E-state index is -0.498. The molecule has 0 fully saturated rings. The minimum absolute atomic E-state index is 0.498. The quantitative estimate of drug-likeness (QED) is 0.183. The van der Waals surface area contributed by atoms with E-state index in [1.165, 1.54) is 33.5 Å². The Hall–Kier alpha value is -6.39. The third-order valence-electron chi connectivity index (χ3n) is 10.4. The zero-order valence-electron chi connectivity index (χ0n) is 25.8. The summed E-state index contributed by atoms with van der Waals surface area (Å²) >= 11 is 0. The predicted molar refractivity (Wildman–Crippen MR) is 193 cm³/mol. The highest BCUT2D eigenvalue weighted by Gasteiger charge is 2.54. The van der Waals surface area contributed by atoms with Gasteiger partial charge in [0.1, 0.15) is 11.2 Å². The number of benzene rings is 7. The first-order chi connectivity index (χ1) is 23.8. The third kappa shape index (κ3) is 3.21. The van der Waals surface area contributed by atoms with Crippen molar-refractivity contribution in [1.82, 2.24) is 19.5 Å². The van der Waals surface area contributed by atoms with Gasteiger partial charge in [0.05, 0.1) is 27.9 Å². The zero-order valence-corrected chi connectivity index (χ0v) is 25.8. The Bertz CT molecular complexity index is 2750. The molecule has 1 spiro atoms. The number of para-hydroxylation sites is 1. The highest BCUT2D eigenvalue weighted by Crippen LogP contribution is 2.60. The largest absolute Gasteiger partial charge is 0.295 e. The molecule has 0 saturated heterocycles. The highest BCUT2D eigenvalue weighted by molar-refractivity contribution is 6.09. The van der Waals surface area contributed by atoms with Crippen LogP contribution in [-0.4, -0.2) is 19.5 Å². The molecule has 4 nitrogen and oxygen atoms in total. The van der Waals surface area contributed by atoms with E-state index in [9.17, 15) is 0 Å². The monoisotopic (exact) mass is 610 g/mol. The first-order valence-electron chi connectivity index (χ1n) is 16.4. The van der Waals surface area contributed by atoms with Crippen LogP contribution in [0.25, 0.3) is 72.2 Å².